The Balaban J connectivity index is 1.52. The number of likely N-dealkylation sites (N-methyl/N-ethyl adjacent to an activating group) is 1. The van der Waals surface area contributed by atoms with Crippen molar-refractivity contribution in [2.45, 2.75) is 25.8 Å². The molecule has 178 valence electrons. The third-order valence-electron chi connectivity index (χ3n) is 5.80. The van der Waals surface area contributed by atoms with Gasteiger partial charge in [-0.15, -0.1) is 0 Å². The molecule has 4 rings (SSSR count). The van der Waals surface area contributed by atoms with Crippen LogP contribution in [0.25, 0.3) is 11.3 Å². The summed E-state index contributed by atoms with van der Waals surface area (Å²) in [6, 6.07) is 13.4. The zero-order valence-corrected chi connectivity index (χ0v) is 20.8. The molecule has 0 saturated carbocycles. The number of fused-ring (bicyclic) bond motifs is 1. The van der Waals surface area contributed by atoms with Crippen molar-refractivity contribution >= 4 is 40.7 Å². The molecule has 7 nitrogen and oxygen atoms in total. The zero-order valence-electron chi connectivity index (χ0n) is 19.3. The number of esters is 1. The van der Waals surface area contributed by atoms with Crippen LogP contribution in [0.5, 0.6) is 6.01 Å². The minimum atomic E-state index is -0.318. The third-order valence-corrected chi connectivity index (χ3v) is 6.39. The summed E-state index contributed by atoms with van der Waals surface area (Å²) in [7, 11) is 3.45. The minimum Gasteiger partial charge on any atom is -0.467 e. The Labute approximate surface area is 209 Å². The second-order valence-corrected chi connectivity index (χ2v) is 8.81. The molecule has 1 N–H and O–H groups in total. The number of hydrogen-bond acceptors (Lipinski definition) is 7. The van der Waals surface area contributed by atoms with E-state index in [1.807, 2.05) is 49.2 Å². The molecule has 9 heteroatoms. The number of benzene rings is 2. The van der Waals surface area contributed by atoms with Gasteiger partial charge in [0.15, 0.2) is 0 Å². The van der Waals surface area contributed by atoms with Crippen LogP contribution in [0.3, 0.4) is 0 Å². The Bertz CT molecular complexity index is 1200. The standard InChI is InChI=1S/C25H26Cl2N4O3/c1-4-34-24(32)22-12-17-11-16(6-8-21(17)31(22)2)20-14-23(30-25(29-20)33-3)28-10-9-15-5-7-18(26)13-19(15)27/h5-8,11,13-14,22H,4,9-10,12H2,1-3H3,(H,28,29,30). The molecule has 0 bridgehead atoms. The largest absolute Gasteiger partial charge is 0.467 e. The molecule has 0 saturated heterocycles. The molecule has 0 radical (unpaired) electrons. The highest BCUT2D eigenvalue weighted by Gasteiger charge is 2.33. The van der Waals surface area contributed by atoms with E-state index in [0.29, 0.717) is 41.9 Å². The first kappa shape index (κ1) is 24.1. The molecular weight excluding hydrogens is 475 g/mol. The molecule has 0 spiro atoms. The van der Waals surface area contributed by atoms with Crippen LogP contribution in [0.2, 0.25) is 10.0 Å². The van der Waals surface area contributed by atoms with Gasteiger partial charge in [-0.2, -0.15) is 9.97 Å². The summed E-state index contributed by atoms with van der Waals surface area (Å²) >= 11 is 12.3. The average Bonchev–Trinajstić information content (AvgIpc) is 3.16. The number of hydrogen-bond donors (Lipinski definition) is 1. The van der Waals surface area contributed by atoms with Gasteiger partial charge >= 0.3 is 12.0 Å². The molecule has 1 aromatic heterocycles. The molecule has 0 aliphatic carbocycles. The highest BCUT2D eigenvalue weighted by molar-refractivity contribution is 6.35. The van der Waals surface area contributed by atoms with Crippen molar-refractivity contribution in [2.75, 3.05) is 37.5 Å². The molecule has 0 amide bonds. The van der Waals surface area contributed by atoms with E-state index in [0.717, 1.165) is 28.1 Å². The molecule has 2 aromatic carbocycles. The third kappa shape index (κ3) is 5.21. The number of rotatable bonds is 8. The van der Waals surface area contributed by atoms with Gasteiger partial charge in [0.2, 0.25) is 0 Å². The monoisotopic (exact) mass is 500 g/mol. The van der Waals surface area contributed by atoms with Gasteiger partial charge in [-0.25, -0.2) is 4.79 Å². The average molecular weight is 501 g/mol. The molecular formula is C25H26Cl2N4O3. The lowest BCUT2D eigenvalue weighted by atomic mass is 10.0. The highest BCUT2D eigenvalue weighted by Crippen LogP contribution is 2.35. The number of nitrogens with one attached hydrogen (secondary N) is 1. The smallest absolute Gasteiger partial charge is 0.329 e. The topological polar surface area (TPSA) is 76.6 Å². The minimum absolute atomic E-state index is 0.210. The molecule has 2 heterocycles. The van der Waals surface area contributed by atoms with Gasteiger partial charge in [-0.3, -0.25) is 0 Å². The molecule has 34 heavy (non-hydrogen) atoms. The van der Waals surface area contributed by atoms with E-state index >= 15 is 0 Å². The summed E-state index contributed by atoms with van der Waals surface area (Å²) in [5.41, 5.74) is 4.73. The van der Waals surface area contributed by atoms with E-state index in [1.54, 1.807) is 6.07 Å². The van der Waals surface area contributed by atoms with Gasteiger partial charge in [-0.1, -0.05) is 35.3 Å². The maximum Gasteiger partial charge on any atom is 0.329 e. The number of aromatic nitrogens is 2. The summed E-state index contributed by atoms with van der Waals surface area (Å²) in [6.07, 6.45) is 1.30. The maximum absolute atomic E-state index is 12.3. The Morgan fingerprint density at radius 2 is 2.00 bits per heavy atom. The first-order valence-corrected chi connectivity index (χ1v) is 11.8. The Morgan fingerprint density at radius 3 is 2.74 bits per heavy atom. The van der Waals surface area contributed by atoms with Gasteiger partial charge in [0.1, 0.15) is 11.9 Å². The second kappa shape index (κ2) is 10.5. The number of carbonyl (C=O) groups excluding carboxylic acids is 1. The number of carbonyl (C=O) groups is 1. The molecule has 1 aliphatic heterocycles. The van der Waals surface area contributed by atoms with E-state index < -0.39 is 0 Å². The lowest BCUT2D eigenvalue weighted by Gasteiger charge is -2.20. The quantitative estimate of drug-likeness (QED) is 0.434. The number of anilines is 2. The summed E-state index contributed by atoms with van der Waals surface area (Å²) in [4.78, 5) is 23.2. The van der Waals surface area contributed by atoms with Crippen LogP contribution < -0.4 is 15.0 Å². The fourth-order valence-corrected chi connectivity index (χ4v) is 4.55. The maximum atomic E-state index is 12.3. The van der Waals surface area contributed by atoms with Crippen molar-refractivity contribution in [1.82, 2.24) is 9.97 Å². The highest BCUT2D eigenvalue weighted by atomic mass is 35.5. The number of halogens is 2. The fourth-order valence-electron chi connectivity index (χ4n) is 4.05. The predicted molar refractivity (Wildman–Crippen MR) is 135 cm³/mol. The van der Waals surface area contributed by atoms with Crippen LogP contribution >= 0.6 is 23.2 Å². The summed E-state index contributed by atoms with van der Waals surface area (Å²) < 4.78 is 10.6. The van der Waals surface area contributed by atoms with Gasteiger partial charge in [0, 0.05) is 47.4 Å². The van der Waals surface area contributed by atoms with E-state index in [4.69, 9.17) is 32.7 Å². The molecule has 1 atom stereocenters. The Kier molecular flexibility index (Phi) is 7.44. The first-order valence-electron chi connectivity index (χ1n) is 11.0. The zero-order chi connectivity index (χ0) is 24.2. The molecule has 1 aliphatic rings. The van der Waals surface area contributed by atoms with Crippen LogP contribution in [0.4, 0.5) is 11.5 Å². The van der Waals surface area contributed by atoms with Crippen molar-refractivity contribution in [3.8, 4) is 17.3 Å². The fraction of sp³-hybridized carbons (Fsp3) is 0.320. The first-order chi connectivity index (χ1) is 16.4. The molecule has 1 unspecified atom stereocenters. The van der Waals surface area contributed by atoms with Crippen LogP contribution in [0.1, 0.15) is 18.1 Å². The Morgan fingerprint density at radius 1 is 1.18 bits per heavy atom. The van der Waals surface area contributed by atoms with Crippen LogP contribution in [-0.2, 0) is 22.4 Å². The van der Waals surface area contributed by atoms with Crippen molar-refractivity contribution in [1.29, 1.82) is 0 Å². The number of methoxy groups -OCH3 is 1. The molecule has 3 aromatic rings. The van der Waals surface area contributed by atoms with Gasteiger partial charge in [0.25, 0.3) is 0 Å². The van der Waals surface area contributed by atoms with Crippen LogP contribution in [-0.4, -0.2) is 49.3 Å². The van der Waals surface area contributed by atoms with Crippen molar-refractivity contribution in [2.24, 2.45) is 0 Å². The SMILES string of the molecule is CCOC(=O)C1Cc2cc(-c3cc(NCCc4ccc(Cl)cc4Cl)nc(OC)n3)ccc2N1C. The summed E-state index contributed by atoms with van der Waals surface area (Å²) in [6.45, 7) is 2.80. The van der Waals surface area contributed by atoms with Gasteiger partial charge in [-0.05, 0) is 48.7 Å². The van der Waals surface area contributed by atoms with Gasteiger partial charge in [0.05, 0.1) is 19.4 Å². The molecule has 0 fully saturated rings. The lowest BCUT2D eigenvalue weighted by molar-refractivity contribution is -0.144. The van der Waals surface area contributed by atoms with E-state index in [-0.39, 0.29) is 18.0 Å². The predicted octanol–water partition coefficient (Wildman–Crippen LogP) is 5.04. The second-order valence-electron chi connectivity index (χ2n) is 7.96. The van der Waals surface area contributed by atoms with Crippen molar-refractivity contribution in [3.05, 3.63) is 63.6 Å². The number of ether oxygens (including phenoxy) is 2. The summed E-state index contributed by atoms with van der Waals surface area (Å²) in [5.74, 6) is 0.438. The Hall–Kier alpha value is -3.03. The van der Waals surface area contributed by atoms with Crippen LogP contribution in [0.15, 0.2) is 42.5 Å². The summed E-state index contributed by atoms with van der Waals surface area (Å²) in [5, 5.41) is 4.57. The van der Waals surface area contributed by atoms with Gasteiger partial charge < -0.3 is 19.7 Å². The van der Waals surface area contributed by atoms with Crippen molar-refractivity contribution < 1.29 is 14.3 Å². The lowest BCUT2D eigenvalue weighted by Crippen LogP contribution is -2.37. The normalized spacial score (nSPS) is 14.6. The number of nitrogens with zero attached hydrogens (tertiary/aromatic N) is 3. The van der Waals surface area contributed by atoms with Crippen LogP contribution in [0, 0.1) is 0 Å². The van der Waals surface area contributed by atoms with E-state index in [2.05, 4.69) is 21.4 Å². The van der Waals surface area contributed by atoms with Crippen molar-refractivity contribution in [3.63, 3.8) is 0 Å². The van der Waals surface area contributed by atoms with E-state index in [9.17, 15) is 4.79 Å². The van der Waals surface area contributed by atoms with E-state index in [1.165, 1.54) is 7.11 Å².